The second-order valence-corrected chi connectivity index (χ2v) is 3.89. The lowest BCUT2D eigenvalue weighted by Crippen LogP contribution is -2.29. The molecule has 0 bridgehead atoms. The maximum Gasteiger partial charge on any atom is 0.305 e. The summed E-state index contributed by atoms with van der Waals surface area (Å²) in [7, 11) is 0. The van der Waals surface area contributed by atoms with E-state index in [2.05, 4.69) is 14.9 Å². The van der Waals surface area contributed by atoms with E-state index in [9.17, 15) is 9.00 Å². The maximum absolute atomic E-state index is 11.3. The third-order valence-electron chi connectivity index (χ3n) is 1.67. The first-order valence-electron chi connectivity index (χ1n) is 4.20. The standard InChI is InChI=1S/C8H12O6S/c1-5(2)8(10)12-3-6(9)7-4-13-15(11)14-7/h7-8,10H,1,3-4H2,2H3. The van der Waals surface area contributed by atoms with Crippen molar-refractivity contribution in [3.8, 4) is 0 Å². The predicted molar refractivity (Wildman–Crippen MR) is 50.7 cm³/mol. The molecule has 0 amide bonds. The van der Waals surface area contributed by atoms with Gasteiger partial charge in [-0.2, -0.15) is 4.21 Å². The Morgan fingerprint density at radius 2 is 2.47 bits per heavy atom. The van der Waals surface area contributed by atoms with Crippen molar-refractivity contribution in [2.75, 3.05) is 13.2 Å². The number of carbonyl (C=O) groups is 1. The normalized spacial score (nSPS) is 27.6. The average Bonchev–Trinajstić information content (AvgIpc) is 2.60. The van der Waals surface area contributed by atoms with Gasteiger partial charge in [-0.15, -0.1) is 0 Å². The molecule has 0 aromatic carbocycles. The molecule has 1 fully saturated rings. The first-order chi connectivity index (χ1) is 7.00. The monoisotopic (exact) mass is 236 g/mol. The van der Waals surface area contributed by atoms with Crippen LogP contribution in [0, 0.1) is 0 Å². The van der Waals surface area contributed by atoms with Gasteiger partial charge in [-0.3, -0.25) is 13.2 Å². The van der Waals surface area contributed by atoms with Gasteiger partial charge in [0.05, 0.1) is 0 Å². The Morgan fingerprint density at radius 1 is 1.80 bits per heavy atom. The fourth-order valence-electron chi connectivity index (χ4n) is 0.811. The Labute approximate surface area is 89.7 Å². The minimum Gasteiger partial charge on any atom is -0.364 e. The third kappa shape index (κ3) is 3.80. The Bertz CT molecular complexity index is 289. The smallest absolute Gasteiger partial charge is 0.305 e. The summed E-state index contributed by atoms with van der Waals surface area (Å²) in [6, 6.07) is 0. The Morgan fingerprint density at radius 3 is 2.93 bits per heavy atom. The van der Waals surface area contributed by atoms with Crippen LogP contribution in [0.5, 0.6) is 0 Å². The molecule has 3 unspecified atom stereocenters. The highest BCUT2D eigenvalue weighted by molar-refractivity contribution is 7.75. The molecule has 0 aromatic heterocycles. The van der Waals surface area contributed by atoms with Gasteiger partial charge in [0.2, 0.25) is 0 Å². The molecule has 1 aliphatic rings. The van der Waals surface area contributed by atoms with Gasteiger partial charge in [-0.25, -0.2) is 0 Å². The molecule has 1 saturated heterocycles. The number of aliphatic hydroxyl groups is 1. The van der Waals surface area contributed by atoms with E-state index in [1.807, 2.05) is 0 Å². The summed E-state index contributed by atoms with van der Waals surface area (Å²) in [6.45, 7) is 4.63. The molecular weight excluding hydrogens is 224 g/mol. The van der Waals surface area contributed by atoms with Gasteiger partial charge in [0.1, 0.15) is 13.2 Å². The average molecular weight is 236 g/mol. The molecule has 1 rings (SSSR count). The lowest BCUT2D eigenvalue weighted by Gasteiger charge is -2.11. The van der Waals surface area contributed by atoms with Crippen LogP contribution in [0.3, 0.4) is 0 Å². The van der Waals surface area contributed by atoms with Crippen molar-refractivity contribution in [1.29, 1.82) is 0 Å². The van der Waals surface area contributed by atoms with E-state index in [0.29, 0.717) is 5.57 Å². The van der Waals surface area contributed by atoms with Gasteiger partial charge < -0.3 is 9.84 Å². The predicted octanol–water partition coefficient (Wildman–Crippen LogP) is -0.539. The van der Waals surface area contributed by atoms with Crippen LogP contribution in [-0.4, -0.2) is 40.7 Å². The van der Waals surface area contributed by atoms with E-state index in [0.717, 1.165) is 0 Å². The lowest BCUT2D eigenvalue weighted by molar-refractivity contribution is -0.139. The van der Waals surface area contributed by atoms with Crippen LogP contribution in [0.15, 0.2) is 12.2 Å². The molecule has 15 heavy (non-hydrogen) atoms. The van der Waals surface area contributed by atoms with Crippen LogP contribution in [-0.2, 0) is 29.3 Å². The van der Waals surface area contributed by atoms with Crippen molar-refractivity contribution in [3.05, 3.63) is 12.2 Å². The fourth-order valence-corrected chi connectivity index (χ4v) is 1.45. The summed E-state index contributed by atoms with van der Waals surface area (Å²) in [5.41, 5.74) is 0.398. The van der Waals surface area contributed by atoms with E-state index < -0.39 is 29.5 Å². The first-order valence-corrected chi connectivity index (χ1v) is 5.20. The van der Waals surface area contributed by atoms with Gasteiger partial charge in [-0.05, 0) is 12.5 Å². The Kier molecular flexibility index (Phi) is 4.55. The molecule has 86 valence electrons. The number of hydrogen-bond acceptors (Lipinski definition) is 6. The number of ketones is 1. The van der Waals surface area contributed by atoms with Gasteiger partial charge in [0, 0.05) is 0 Å². The molecule has 1 aliphatic heterocycles. The van der Waals surface area contributed by atoms with Crippen molar-refractivity contribution < 1.29 is 27.2 Å². The summed E-state index contributed by atoms with van der Waals surface area (Å²) in [5.74, 6) is -0.429. The number of ether oxygens (including phenoxy) is 1. The number of rotatable bonds is 5. The Hall–Kier alpha value is -0.600. The van der Waals surface area contributed by atoms with Crippen LogP contribution in [0.1, 0.15) is 6.92 Å². The molecule has 0 spiro atoms. The van der Waals surface area contributed by atoms with Gasteiger partial charge in [0.15, 0.2) is 18.2 Å². The minimum absolute atomic E-state index is 0.0576. The molecule has 7 heteroatoms. The van der Waals surface area contributed by atoms with Gasteiger partial charge in [-0.1, -0.05) is 6.58 Å². The molecular formula is C8H12O6S. The van der Waals surface area contributed by atoms with E-state index in [1.165, 1.54) is 0 Å². The Balaban J connectivity index is 2.30. The van der Waals surface area contributed by atoms with Gasteiger partial charge >= 0.3 is 11.4 Å². The van der Waals surface area contributed by atoms with Crippen LogP contribution in [0.4, 0.5) is 0 Å². The topological polar surface area (TPSA) is 82.1 Å². The van der Waals surface area contributed by atoms with E-state index >= 15 is 0 Å². The molecule has 3 atom stereocenters. The number of hydrogen-bond donors (Lipinski definition) is 1. The molecule has 6 nitrogen and oxygen atoms in total. The summed E-state index contributed by atoms with van der Waals surface area (Å²) in [4.78, 5) is 11.3. The van der Waals surface area contributed by atoms with Crippen LogP contribution >= 0.6 is 0 Å². The lowest BCUT2D eigenvalue weighted by atomic mass is 10.2. The highest BCUT2D eigenvalue weighted by Gasteiger charge is 2.30. The fraction of sp³-hybridized carbons (Fsp3) is 0.625. The van der Waals surface area contributed by atoms with E-state index in [-0.39, 0.29) is 13.2 Å². The van der Waals surface area contributed by atoms with Crippen LogP contribution in [0.2, 0.25) is 0 Å². The SMILES string of the molecule is C=C(C)C(O)OCC(=O)C1COS(=O)O1. The van der Waals surface area contributed by atoms with Crippen LogP contribution < -0.4 is 0 Å². The number of carbonyl (C=O) groups excluding carboxylic acids is 1. The quantitative estimate of drug-likeness (QED) is 0.510. The largest absolute Gasteiger partial charge is 0.364 e. The highest BCUT2D eigenvalue weighted by Crippen LogP contribution is 2.10. The van der Waals surface area contributed by atoms with Crippen LogP contribution in [0.25, 0.3) is 0 Å². The van der Waals surface area contributed by atoms with Gasteiger partial charge in [0.25, 0.3) is 0 Å². The molecule has 1 heterocycles. The summed E-state index contributed by atoms with van der Waals surface area (Å²) in [5, 5.41) is 9.16. The van der Waals surface area contributed by atoms with Crippen molar-refractivity contribution in [2.24, 2.45) is 0 Å². The zero-order chi connectivity index (χ0) is 11.4. The molecule has 0 saturated carbocycles. The minimum atomic E-state index is -1.85. The third-order valence-corrected chi connectivity index (χ3v) is 2.39. The summed E-state index contributed by atoms with van der Waals surface area (Å²) in [6.07, 6.45) is -2.06. The van der Waals surface area contributed by atoms with Crippen molar-refractivity contribution >= 4 is 17.1 Å². The first kappa shape index (κ1) is 12.5. The highest BCUT2D eigenvalue weighted by atomic mass is 32.2. The van der Waals surface area contributed by atoms with Crippen molar-refractivity contribution in [1.82, 2.24) is 0 Å². The van der Waals surface area contributed by atoms with E-state index in [4.69, 9.17) is 9.84 Å². The molecule has 0 radical (unpaired) electrons. The second-order valence-electron chi connectivity index (χ2n) is 3.05. The molecule has 0 aliphatic carbocycles. The van der Waals surface area contributed by atoms with Crippen molar-refractivity contribution in [3.63, 3.8) is 0 Å². The summed E-state index contributed by atoms with van der Waals surface area (Å²) >= 11 is -1.85. The molecule has 0 aromatic rings. The molecule has 1 N–H and O–H groups in total. The maximum atomic E-state index is 11.3. The zero-order valence-corrected chi connectivity index (χ0v) is 8.99. The zero-order valence-electron chi connectivity index (χ0n) is 8.17. The summed E-state index contributed by atoms with van der Waals surface area (Å²) < 4.78 is 24.6. The van der Waals surface area contributed by atoms with Crippen molar-refractivity contribution in [2.45, 2.75) is 19.3 Å². The number of aliphatic hydroxyl groups excluding tert-OH is 1. The second kappa shape index (κ2) is 5.47. The number of Topliss-reactive ketones (excluding diaryl/α,β-unsaturated/α-hetero) is 1. The van der Waals surface area contributed by atoms with E-state index in [1.54, 1.807) is 6.92 Å².